The first-order valence-corrected chi connectivity index (χ1v) is 9.62. The summed E-state index contributed by atoms with van der Waals surface area (Å²) in [6, 6.07) is 8.45. The summed E-state index contributed by atoms with van der Waals surface area (Å²) in [6.45, 7) is 7.12. The minimum Gasteiger partial charge on any atom is -0.369 e. The lowest BCUT2D eigenvalue weighted by Gasteiger charge is -2.46. The van der Waals surface area contributed by atoms with Crippen molar-refractivity contribution in [1.82, 2.24) is 9.21 Å². The summed E-state index contributed by atoms with van der Waals surface area (Å²) in [4.78, 5) is 14.6. The molecular weight excluding hydrogens is 328 g/mol. The van der Waals surface area contributed by atoms with E-state index in [4.69, 9.17) is 4.74 Å². The van der Waals surface area contributed by atoms with Crippen molar-refractivity contribution in [2.45, 2.75) is 37.9 Å². The van der Waals surface area contributed by atoms with Crippen LogP contribution >= 0.6 is 0 Å². The van der Waals surface area contributed by atoms with E-state index in [2.05, 4.69) is 0 Å². The molecule has 3 rings (SSSR count). The average Bonchev–Trinajstić information content (AvgIpc) is 2.53. The molecule has 6 nitrogen and oxygen atoms in total. The van der Waals surface area contributed by atoms with Crippen LogP contribution in [0.4, 0.5) is 0 Å². The van der Waals surface area contributed by atoms with Crippen molar-refractivity contribution in [2.75, 3.05) is 26.2 Å². The van der Waals surface area contributed by atoms with Gasteiger partial charge in [-0.05, 0) is 12.1 Å². The van der Waals surface area contributed by atoms with E-state index in [0.29, 0.717) is 18.0 Å². The molecule has 1 aromatic rings. The van der Waals surface area contributed by atoms with E-state index in [9.17, 15) is 13.2 Å². The largest absolute Gasteiger partial charge is 0.369 e. The van der Waals surface area contributed by atoms with Gasteiger partial charge in [0.1, 0.15) is 0 Å². The number of rotatable bonds is 2. The maximum atomic E-state index is 12.8. The highest BCUT2D eigenvalue weighted by Gasteiger charge is 2.42. The number of amides is 1. The van der Waals surface area contributed by atoms with Crippen LogP contribution in [-0.2, 0) is 19.6 Å². The highest BCUT2D eigenvalue weighted by Crippen LogP contribution is 2.27. The smallest absolute Gasteiger partial charge is 0.243 e. The zero-order valence-electron chi connectivity index (χ0n) is 14.3. The summed E-state index contributed by atoms with van der Waals surface area (Å²) >= 11 is 0. The fraction of sp³-hybridized carbons (Fsp3) is 0.588. The third-order valence-electron chi connectivity index (χ3n) is 4.36. The van der Waals surface area contributed by atoms with E-state index in [-0.39, 0.29) is 31.2 Å². The van der Waals surface area contributed by atoms with Gasteiger partial charge in [-0.3, -0.25) is 4.79 Å². The number of sulfonamides is 1. The SMILES string of the molecule is CC(C)(C)C(=O)N1CC2CN(S(=O)(=O)c3ccccc3)CC(C1)O2. The Balaban J connectivity index is 1.75. The number of carbonyl (C=O) groups is 1. The molecular formula is C17H24N2O4S. The maximum absolute atomic E-state index is 12.8. The maximum Gasteiger partial charge on any atom is 0.243 e. The van der Waals surface area contributed by atoms with Crippen molar-refractivity contribution >= 4 is 15.9 Å². The van der Waals surface area contributed by atoms with Gasteiger partial charge in [-0.25, -0.2) is 8.42 Å². The van der Waals surface area contributed by atoms with Crippen LogP contribution in [0, 0.1) is 5.41 Å². The van der Waals surface area contributed by atoms with Gasteiger partial charge in [0.25, 0.3) is 0 Å². The van der Waals surface area contributed by atoms with Gasteiger partial charge in [-0.2, -0.15) is 4.31 Å². The minimum absolute atomic E-state index is 0.0835. The Morgan fingerprint density at radius 2 is 1.58 bits per heavy atom. The second-order valence-electron chi connectivity index (χ2n) is 7.48. The molecule has 2 bridgehead atoms. The van der Waals surface area contributed by atoms with E-state index in [1.54, 1.807) is 30.3 Å². The number of ether oxygens (including phenoxy) is 1. The van der Waals surface area contributed by atoms with Gasteiger partial charge in [0.05, 0.1) is 17.1 Å². The fourth-order valence-electron chi connectivity index (χ4n) is 3.23. The highest BCUT2D eigenvalue weighted by atomic mass is 32.2. The third-order valence-corrected chi connectivity index (χ3v) is 6.20. The Labute approximate surface area is 143 Å². The molecule has 0 saturated carbocycles. The number of benzene rings is 1. The Hall–Kier alpha value is -1.44. The van der Waals surface area contributed by atoms with Crippen LogP contribution in [0.2, 0.25) is 0 Å². The summed E-state index contributed by atoms with van der Waals surface area (Å²) in [7, 11) is -3.52. The third kappa shape index (κ3) is 3.34. The molecule has 1 aromatic carbocycles. The van der Waals surface area contributed by atoms with Crippen LogP contribution in [0.3, 0.4) is 0 Å². The normalized spacial score (nSPS) is 25.5. The van der Waals surface area contributed by atoms with Gasteiger partial charge < -0.3 is 9.64 Å². The Kier molecular flexibility index (Phi) is 4.44. The molecule has 7 heteroatoms. The molecule has 1 amide bonds. The van der Waals surface area contributed by atoms with Crippen LogP contribution in [0.1, 0.15) is 20.8 Å². The van der Waals surface area contributed by atoms with Crippen molar-refractivity contribution in [3.8, 4) is 0 Å². The number of morpholine rings is 2. The lowest BCUT2D eigenvalue weighted by atomic mass is 9.93. The van der Waals surface area contributed by atoms with Crippen LogP contribution < -0.4 is 0 Å². The average molecular weight is 352 g/mol. The summed E-state index contributed by atoms with van der Waals surface area (Å²) in [6.07, 6.45) is -0.551. The first-order valence-electron chi connectivity index (χ1n) is 8.18. The molecule has 2 aliphatic heterocycles. The van der Waals surface area contributed by atoms with Crippen LogP contribution in [-0.4, -0.2) is 61.9 Å². The standard InChI is InChI=1S/C17H24N2O4S/c1-17(2,3)16(20)18-9-13-11-19(12-14(10-18)23-13)24(21,22)15-7-5-4-6-8-15/h4-8,13-14H,9-12H2,1-3H3. The van der Waals surface area contributed by atoms with Gasteiger partial charge in [0, 0.05) is 31.6 Å². The molecule has 2 saturated heterocycles. The Bertz CT molecular complexity index is 698. The van der Waals surface area contributed by atoms with Crippen LogP contribution in [0.5, 0.6) is 0 Å². The monoisotopic (exact) mass is 352 g/mol. The van der Waals surface area contributed by atoms with Crippen molar-refractivity contribution in [1.29, 1.82) is 0 Å². The van der Waals surface area contributed by atoms with Gasteiger partial charge in [0.15, 0.2) is 0 Å². The van der Waals surface area contributed by atoms with Gasteiger partial charge >= 0.3 is 0 Å². The van der Waals surface area contributed by atoms with Gasteiger partial charge in [-0.1, -0.05) is 39.0 Å². The molecule has 0 aliphatic carbocycles. The summed E-state index contributed by atoms with van der Waals surface area (Å²) in [5, 5.41) is 0. The summed E-state index contributed by atoms with van der Waals surface area (Å²) in [5.74, 6) is 0.0835. The molecule has 2 fully saturated rings. The van der Waals surface area contributed by atoms with Crippen molar-refractivity contribution in [3.63, 3.8) is 0 Å². The van der Waals surface area contributed by atoms with E-state index in [1.165, 1.54) is 4.31 Å². The molecule has 2 unspecified atom stereocenters. The molecule has 0 spiro atoms. The van der Waals surface area contributed by atoms with Crippen molar-refractivity contribution in [3.05, 3.63) is 30.3 Å². The van der Waals surface area contributed by atoms with Crippen LogP contribution in [0.25, 0.3) is 0 Å². The first-order chi connectivity index (χ1) is 11.2. The van der Waals surface area contributed by atoms with E-state index >= 15 is 0 Å². The highest BCUT2D eigenvalue weighted by molar-refractivity contribution is 7.89. The molecule has 24 heavy (non-hydrogen) atoms. The van der Waals surface area contributed by atoms with E-state index in [1.807, 2.05) is 25.7 Å². The van der Waals surface area contributed by atoms with Gasteiger partial charge in [-0.15, -0.1) is 0 Å². The molecule has 0 radical (unpaired) electrons. The second-order valence-corrected chi connectivity index (χ2v) is 9.41. The number of hydrogen-bond acceptors (Lipinski definition) is 4. The predicted molar refractivity (Wildman–Crippen MR) is 89.9 cm³/mol. The Morgan fingerprint density at radius 1 is 1.04 bits per heavy atom. The molecule has 0 aromatic heterocycles. The first kappa shape index (κ1) is 17.4. The van der Waals surface area contributed by atoms with Crippen LogP contribution in [0.15, 0.2) is 35.2 Å². The number of fused-ring (bicyclic) bond motifs is 2. The zero-order chi connectivity index (χ0) is 17.5. The van der Waals surface area contributed by atoms with E-state index in [0.717, 1.165) is 0 Å². The number of hydrogen-bond donors (Lipinski definition) is 0. The molecule has 2 atom stereocenters. The number of nitrogens with zero attached hydrogens (tertiary/aromatic N) is 2. The molecule has 132 valence electrons. The lowest BCUT2D eigenvalue weighted by Crippen LogP contribution is -2.62. The minimum atomic E-state index is -3.52. The predicted octanol–water partition coefficient (Wildman–Crippen LogP) is 1.33. The van der Waals surface area contributed by atoms with Crippen molar-refractivity contribution < 1.29 is 17.9 Å². The van der Waals surface area contributed by atoms with Crippen molar-refractivity contribution in [2.24, 2.45) is 5.41 Å². The summed E-state index contributed by atoms with van der Waals surface area (Å²) in [5.41, 5.74) is -0.443. The zero-order valence-corrected chi connectivity index (χ0v) is 15.1. The lowest BCUT2D eigenvalue weighted by molar-refractivity contribution is -0.161. The Morgan fingerprint density at radius 3 is 2.08 bits per heavy atom. The van der Waals surface area contributed by atoms with Gasteiger partial charge in [0.2, 0.25) is 15.9 Å². The van der Waals surface area contributed by atoms with E-state index < -0.39 is 15.4 Å². The fourth-order valence-corrected chi connectivity index (χ4v) is 4.76. The molecule has 0 N–H and O–H groups in total. The molecule has 2 aliphatic rings. The summed E-state index contributed by atoms with van der Waals surface area (Å²) < 4.78 is 32.9. The second kappa shape index (κ2) is 6.13. The number of carbonyl (C=O) groups excluding carboxylic acids is 1. The quantitative estimate of drug-likeness (QED) is 0.805. The molecule has 2 heterocycles. The topological polar surface area (TPSA) is 66.9 Å².